The first-order chi connectivity index (χ1) is 10.8. The van der Waals surface area contributed by atoms with Gasteiger partial charge in [0.15, 0.2) is 0 Å². The molecule has 110 valence electrons. The van der Waals surface area contributed by atoms with Crippen LogP contribution >= 0.6 is 11.3 Å². The van der Waals surface area contributed by atoms with Crippen LogP contribution in [0.15, 0.2) is 46.0 Å². The zero-order chi connectivity index (χ0) is 14.9. The van der Waals surface area contributed by atoms with E-state index in [1.165, 1.54) is 10.4 Å². The van der Waals surface area contributed by atoms with Crippen LogP contribution in [0.4, 0.5) is 5.13 Å². The van der Waals surface area contributed by atoms with Crippen molar-refractivity contribution >= 4 is 22.7 Å². The largest absolute Gasteiger partial charge is 0.497 e. The molecule has 1 aliphatic rings. The van der Waals surface area contributed by atoms with E-state index in [2.05, 4.69) is 17.1 Å². The Morgan fingerprint density at radius 3 is 3.09 bits per heavy atom. The minimum absolute atomic E-state index is 0.732. The number of benzene rings is 1. The first-order valence-electron chi connectivity index (χ1n) is 7.08. The minimum Gasteiger partial charge on any atom is -0.497 e. The Kier molecular flexibility index (Phi) is 3.27. The predicted octanol–water partition coefficient (Wildman–Crippen LogP) is 4.26. The van der Waals surface area contributed by atoms with Crippen LogP contribution < -0.4 is 4.74 Å². The normalized spacial score (nSPS) is 13.1. The molecule has 0 saturated carbocycles. The molecule has 0 N–H and O–H groups in total. The van der Waals surface area contributed by atoms with Gasteiger partial charge >= 0.3 is 0 Å². The summed E-state index contributed by atoms with van der Waals surface area (Å²) in [6.07, 6.45) is 5.39. The van der Waals surface area contributed by atoms with Gasteiger partial charge in [-0.05, 0) is 42.7 Å². The summed E-state index contributed by atoms with van der Waals surface area (Å²) in [6.45, 7) is 0. The van der Waals surface area contributed by atoms with Gasteiger partial charge in [-0.15, -0.1) is 0 Å². The summed E-state index contributed by atoms with van der Waals surface area (Å²) >= 11 is 1.64. The molecule has 0 radical (unpaired) electrons. The molecule has 2 heterocycles. The number of aryl methyl sites for hydroxylation is 2. The average Bonchev–Trinajstić information content (AvgIpc) is 3.21. The number of methoxy groups -OCH3 is 1. The molecule has 0 aliphatic heterocycles. The Labute approximate surface area is 132 Å². The van der Waals surface area contributed by atoms with Gasteiger partial charge in [0, 0.05) is 10.4 Å². The van der Waals surface area contributed by atoms with E-state index in [4.69, 9.17) is 14.1 Å². The lowest BCUT2D eigenvalue weighted by Crippen LogP contribution is -2.02. The molecule has 0 fully saturated rings. The number of nitrogens with zero attached hydrogens (tertiary/aromatic N) is 2. The Balaban J connectivity index is 1.72. The van der Waals surface area contributed by atoms with Crippen molar-refractivity contribution in [2.24, 2.45) is 4.99 Å². The van der Waals surface area contributed by atoms with Gasteiger partial charge in [0.25, 0.3) is 0 Å². The van der Waals surface area contributed by atoms with Crippen LogP contribution in [0.5, 0.6) is 5.75 Å². The monoisotopic (exact) mass is 310 g/mol. The van der Waals surface area contributed by atoms with Crippen molar-refractivity contribution in [2.75, 3.05) is 7.11 Å². The quantitative estimate of drug-likeness (QED) is 0.679. The van der Waals surface area contributed by atoms with E-state index in [-0.39, 0.29) is 0 Å². The van der Waals surface area contributed by atoms with E-state index >= 15 is 0 Å². The van der Waals surface area contributed by atoms with Crippen LogP contribution in [0, 0.1) is 0 Å². The van der Waals surface area contributed by atoms with E-state index in [1.54, 1.807) is 30.9 Å². The van der Waals surface area contributed by atoms with Crippen molar-refractivity contribution in [3.05, 3.63) is 52.8 Å². The lowest BCUT2D eigenvalue weighted by molar-refractivity contribution is 0.415. The molecule has 5 heteroatoms. The number of aliphatic imine (C=N–C) groups is 1. The molecule has 0 unspecified atom stereocenters. The number of rotatable bonds is 3. The second-order valence-corrected chi connectivity index (χ2v) is 6.13. The summed E-state index contributed by atoms with van der Waals surface area (Å²) in [7, 11) is 1.69. The summed E-state index contributed by atoms with van der Waals surface area (Å²) in [5.41, 5.74) is 3.52. The first kappa shape index (κ1) is 13.3. The maximum Gasteiger partial charge on any atom is 0.210 e. The Morgan fingerprint density at radius 2 is 2.27 bits per heavy atom. The topological polar surface area (TPSA) is 47.6 Å². The second kappa shape index (κ2) is 5.42. The van der Waals surface area contributed by atoms with Gasteiger partial charge in [0.05, 0.1) is 25.3 Å². The third-order valence-corrected chi connectivity index (χ3v) is 4.75. The molecule has 4 nitrogen and oxygen atoms in total. The Morgan fingerprint density at radius 1 is 1.32 bits per heavy atom. The molecule has 1 aliphatic carbocycles. The van der Waals surface area contributed by atoms with Gasteiger partial charge in [-0.1, -0.05) is 17.4 Å². The molecule has 0 saturated heterocycles. The molecular formula is C17H14N2O2S. The van der Waals surface area contributed by atoms with Gasteiger partial charge in [-0.3, -0.25) is 0 Å². The molecule has 4 rings (SSSR count). The van der Waals surface area contributed by atoms with Crippen LogP contribution in [0.1, 0.15) is 16.2 Å². The molecule has 0 atom stereocenters. The van der Waals surface area contributed by atoms with Gasteiger partial charge in [0.2, 0.25) is 5.13 Å². The SMILES string of the molecule is COc1ccc2c(c1)-c1nc(N=Cc3ccco3)sc1CC2. The maximum atomic E-state index is 5.33. The van der Waals surface area contributed by atoms with E-state index in [1.807, 2.05) is 18.2 Å². The maximum absolute atomic E-state index is 5.33. The van der Waals surface area contributed by atoms with Crippen molar-refractivity contribution < 1.29 is 9.15 Å². The molecular weight excluding hydrogens is 296 g/mol. The van der Waals surface area contributed by atoms with Gasteiger partial charge < -0.3 is 9.15 Å². The molecule has 3 aromatic rings. The van der Waals surface area contributed by atoms with Gasteiger partial charge in [0.1, 0.15) is 11.5 Å². The molecule has 0 spiro atoms. The highest BCUT2D eigenvalue weighted by molar-refractivity contribution is 7.15. The minimum atomic E-state index is 0.732. The van der Waals surface area contributed by atoms with Gasteiger partial charge in [-0.25, -0.2) is 9.98 Å². The number of ether oxygens (including phenoxy) is 1. The zero-order valence-electron chi connectivity index (χ0n) is 12.1. The fourth-order valence-electron chi connectivity index (χ4n) is 2.63. The fourth-order valence-corrected chi connectivity index (χ4v) is 3.55. The molecule has 0 amide bonds. The fraction of sp³-hybridized carbons (Fsp3) is 0.176. The van der Waals surface area contributed by atoms with Crippen molar-refractivity contribution in [1.29, 1.82) is 0 Å². The molecule has 0 bridgehead atoms. The smallest absolute Gasteiger partial charge is 0.210 e. The van der Waals surface area contributed by atoms with E-state index < -0.39 is 0 Å². The van der Waals surface area contributed by atoms with Crippen molar-refractivity contribution in [2.45, 2.75) is 12.8 Å². The average molecular weight is 310 g/mol. The lowest BCUT2D eigenvalue weighted by atomic mass is 9.93. The molecule has 22 heavy (non-hydrogen) atoms. The zero-order valence-corrected chi connectivity index (χ0v) is 12.9. The van der Waals surface area contributed by atoms with Crippen molar-refractivity contribution in [3.63, 3.8) is 0 Å². The summed E-state index contributed by atoms with van der Waals surface area (Å²) in [4.78, 5) is 10.4. The lowest BCUT2D eigenvalue weighted by Gasteiger charge is -2.15. The van der Waals surface area contributed by atoms with E-state index in [9.17, 15) is 0 Å². The van der Waals surface area contributed by atoms with Crippen LogP contribution in [-0.2, 0) is 12.8 Å². The standard InChI is InChI=1S/C17H14N2O2S/c1-20-12-6-4-11-5-7-15-16(14(11)9-12)19-17(22-15)18-10-13-3-2-8-21-13/h2-4,6,8-10H,5,7H2,1H3. The Hall–Kier alpha value is -2.40. The summed E-state index contributed by atoms with van der Waals surface area (Å²) < 4.78 is 10.6. The third kappa shape index (κ3) is 2.33. The van der Waals surface area contributed by atoms with Crippen LogP contribution in [0.2, 0.25) is 0 Å². The highest BCUT2D eigenvalue weighted by atomic mass is 32.1. The first-order valence-corrected chi connectivity index (χ1v) is 7.90. The van der Waals surface area contributed by atoms with E-state index in [0.717, 1.165) is 40.7 Å². The number of thiazole rings is 1. The van der Waals surface area contributed by atoms with Crippen LogP contribution in [0.25, 0.3) is 11.3 Å². The van der Waals surface area contributed by atoms with Crippen LogP contribution in [-0.4, -0.2) is 18.3 Å². The molecule has 2 aromatic heterocycles. The van der Waals surface area contributed by atoms with E-state index in [0.29, 0.717) is 0 Å². The Bertz CT molecular complexity index is 834. The van der Waals surface area contributed by atoms with Crippen LogP contribution in [0.3, 0.4) is 0 Å². The molecule has 1 aromatic carbocycles. The third-order valence-electron chi connectivity index (χ3n) is 3.73. The highest BCUT2D eigenvalue weighted by Gasteiger charge is 2.21. The number of fused-ring (bicyclic) bond motifs is 3. The second-order valence-electron chi connectivity index (χ2n) is 5.06. The summed E-state index contributed by atoms with van der Waals surface area (Å²) in [5.74, 6) is 1.59. The summed E-state index contributed by atoms with van der Waals surface area (Å²) in [5, 5.41) is 0.761. The number of hydrogen-bond donors (Lipinski definition) is 0. The van der Waals surface area contributed by atoms with Gasteiger partial charge in [-0.2, -0.15) is 0 Å². The number of aromatic nitrogens is 1. The highest BCUT2D eigenvalue weighted by Crippen LogP contribution is 2.40. The van der Waals surface area contributed by atoms with Crippen molar-refractivity contribution in [1.82, 2.24) is 4.98 Å². The number of furan rings is 1. The summed E-state index contributed by atoms with van der Waals surface area (Å²) in [6, 6.07) is 9.91. The predicted molar refractivity (Wildman–Crippen MR) is 87.5 cm³/mol. The number of hydrogen-bond acceptors (Lipinski definition) is 5. The van der Waals surface area contributed by atoms with Crippen molar-refractivity contribution in [3.8, 4) is 17.0 Å².